The molecule has 0 saturated carbocycles. The molecular formula is C12H15F3O2. The van der Waals surface area contributed by atoms with Crippen LogP contribution in [0.4, 0.5) is 13.2 Å². The Kier molecular flexibility index (Phi) is 4.96. The molecule has 96 valence electrons. The summed E-state index contributed by atoms with van der Waals surface area (Å²) in [6.45, 7) is 0.482. The molecule has 0 aliphatic carbocycles. The van der Waals surface area contributed by atoms with Crippen molar-refractivity contribution in [1.29, 1.82) is 0 Å². The molecular weight excluding hydrogens is 233 g/mol. The minimum absolute atomic E-state index is 0.288. The highest BCUT2D eigenvalue weighted by molar-refractivity contribution is 5.27. The number of benzene rings is 1. The molecule has 1 rings (SSSR count). The maximum atomic E-state index is 12.4. The molecule has 0 amide bonds. The molecule has 17 heavy (non-hydrogen) atoms. The van der Waals surface area contributed by atoms with E-state index in [0.717, 1.165) is 12.1 Å². The highest BCUT2D eigenvalue weighted by Gasteiger charge is 2.30. The number of halogens is 3. The van der Waals surface area contributed by atoms with Crippen molar-refractivity contribution in [2.24, 2.45) is 0 Å². The Morgan fingerprint density at radius 2 is 2.06 bits per heavy atom. The lowest BCUT2D eigenvalue weighted by molar-refractivity contribution is -0.137. The second kappa shape index (κ2) is 6.02. The topological polar surface area (TPSA) is 29.5 Å². The van der Waals surface area contributed by atoms with Gasteiger partial charge in [-0.1, -0.05) is 12.1 Å². The standard InChI is InChI=1S/C12H15F3O2/c1-17-7-3-6-11(16)9-4-2-5-10(8-9)12(13,14)15/h2,4-5,8,11,16H,3,6-7H2,1H3. The van der Waals surface area contributed by atoms with Gasteiger partial charge in [-0.2, -0.15) is 13.2 Å². The third-order valence-electron chi connectivity index (χ3n) is 2.42. The number of aliphatic hydroxyl groups is 1. The van der Waals surface area contributed by atoms with E-state index in [9.17, 15) is 18.3 Å². The van der Waals surface area contributed by atoms with Crippen LogP contribution in [0.5, 0.6) is 0 Å². The summed E-state index contributed by atoms with van der Waals surface area (Å²) < 4.78 is 42.1. The summed E-state index contributed by atoms with van der Waals surface area (Å²) in [5.41, 5.74) is -0.447. The van der Waals surface area contributed by atoms with Gasteiger partial charge in [-0.25, -0.2) is 0 Å². The quantitative estimate of drug-likeness (QED) is 0.811. The zero-order valence-electron chi connectivity index (χ0n) is 9.50. The van der Waals surface area contributed by atoms with E-state index in [2.05, 4.69) is 0 Å². The summed E-state index contributed by atoms with van der Waals surface area (Å²) in [7, 11) is 1.54. The summed E-state index contributed by atoms with van der Waals surface area (Å²) in [6.07, 6.45) is -4.27. The molecule has 0 aromatic heterocycles. The van der Waals surface area contributed by atoms with Gasteiger partial charge in [0.2, 0.25) is 0 Å². The lowest BCUT2D eigenvalue weighted by Crippen LogP contribution is -2.07. The molecule has 1 aromatic rings. The maximum absolute atomic E-state index is 12.4. The molecule has 0 bridgehead atoms. The van der Waals surface area contributed by atoms with Crippen LogP contribution < -0.4 is 0 Å². The van der Waals surface area contributed by atoms with Crippen LogP contribution in [-0.2, 0) is 10.9 Å². The number of ether oxygens (including phenoxy) is 1. The number of alkyl halides is 3. The van der Waals surface area contributed by atoms with Crippen LogP contribution in [-0.4, -0.2) is 18.8 Å². The van der Waals surface area contributed by atoms with Crippen LogP contribution in [0, 0.1) is 0 Å². The van der Waals surface area contributed by atoms with E-state index in [1.54, 1.807) is 0 Å². The average Bonchev–Trinajstić information content (AvgIpc) is 2.28. The first-order valence-corrected chi connectivity index (χ1v) is 5.29. The average molecular weight is 248 g/mol. The molecule has 0 radical (unpaired) electrons. The first-order valence-electron chi connectivity index (χ1n) is 5.29. The maximum Gasteiger partial charge on any atom is 0.416 e. The van der Waals surface area contributed by atoms with Crippen LogP contribution in [0.2, 0.25) is 0 Å². The Hall–Kier alpha value is -1.07. The number of methoxy groups -OCH3 is 1. The van der Waals surface area contributed by atoms with E-state index in [-0.39, 0.29) is 5.56 Å². The Morgan fingerprint density at radius 1 is 1.35 bits per heavy atom. The van der Waals surface area contributed by atoms with Crippen molar-refractivity contribution in [2.75, 3.05) is 13.7 Å². The molecule has 0 heterocycles. The molecule has 1 unspecified atom stereocenters. The molecule has 1 aromatic carbocycles. The Bertz CT molecular complexity index is 350. The normalized spacial score (nSPS) is 13.7. The summed E-state index contributed by atoms with van der Waals surface area (Å²) in [4.78, 5) is 0. The van der Waals surface area contributed by atoms with Crippen LogP contribution >= 0.6 is 0 Å². The van der Waals surface area contributed by atoms with Gasteiger partial charge in [0.05, 0.1) is 11.7 Å². The van der Waals surface area contributed by atoms with Crippen molar-refractivity contribution in [3.8, 4) is 0 Å². The molecule has 0 aliphatic heterocycles. The molecule has 0 fully saturated rings. The van der Waals surface area contributed by atoms with E-state index < -0.39 is 17.8 Å². The fourth-order valence-electron chi connectivity index (χ4n) is 1.51. The van der Waals surface area contributed by atoms with Gasteiger partial charge < -0.3 is 9.84 Å². The van der Waals surface area contributed by atoms with Crippen molar-refractivity contribution in [3.05, 3.63) is 35.4 Å². The Labute approximate surface area is 98.0 Å². The summed E-state index contributed by atoms with van der Waals surface area (Å²) >= 11 is 0. The lowest BCUT2D eigenvalue weighted by Gasteiger charge is -2.13. The van der Waals surface area contributed by atoms with Gasteiger partial charge in [0, 0.05) is 13.7 Å². The summed E-state index contributed by atoms with van der Waals surface area (Å²) in [5.74, 6) is 0. The third-order valence-corrected chi connectivity index (χ3v) is 2.42. The lowest BCUT2D eigenvalue weighted by atomic mass is 10.0. The van der Waals surface area contributed by atoms with Gasteiger partial charge in [-0.15, -0.1) is 0 Å². The zero-order valence-corrected chi connectivity index (χ0v) is 9.50. The van der Waals surface area contributed by atoms with E-state index in [1.165, 1.54) is 19.2 Å². The zero-order chi connectivity index (χ0) is 12.9. The van der Waals surface area contributed by atoms with Gasteiger partial charge >= 0.3 is 6.18 Å². The minimum atomic E-state index is -4.37. The van der Waals surface area contributed by atoms with Crippen molar-refractivity contribution in [1.82, 2.24) is 0 Å². The summed E-state index contributed by atoms with van der Waals surface area (Å²) in [6, 6.07) is 4.77. The first-order chi connectivity index (χ1) is 7.95. The van der Waals surface area contributed by atoms with Crippen LogP contribution in [0.1, 0.15) is 30.1 Å². The fourth-order valence-corrected chi connectivity index (χ4v) is 1.51. The molecule has 0 aliphatic rings. The van der Waals surface area contributed by atoms with Crippen LogP contribution in [0.15, 0.2) is 24.3 Å². The Morgan fingerprint density at radius 3 is 2.65 bits per heavy atom. The highest BCUT2D eigenvalue weighted by Crippen LogP contribution is 2.31. The monoisotopic (exact) mass is 248 g/mol. The predicted octanol–water partition coefficient (Wildman–Crippen LogP) is 3.17. The molecule has 2 nitrogen and oxygen atoms in total. The molecule has 0 saturated heterocycles. The largest absolute Gasteiger partial charge is 0.416 e. The number of hydrogen-bond acceptors (Lipinski definition) is 2. The predicted molar refractivity (Wildman–Crippen MR) is 57.5 cm³/mol. The second-order valence-electron chi connectivity index (χ2n) is 3.77. The van der Waals surface area contributed by atoms with Crippen molar-refractivity contribution in [3.63, 3.8) is 0 Å². The van der Waals surface area contributed by atoms with E-state index in [4.69, 9.17) is 4.74 Å². The van der Waals surface area contributed by atoms with Gasteiger partial charge in [-0.3, -0.25) is 0 Å². The molecule has 5 heteroatoms. The first kappa shape index (κ1) is 14.0. The molecule has 0 spiro atoms. The minimum Gasteiger partial charge on any atom is -0.388 e. The number of aliphatic hydroxyl groups excluding tert-OH is 1. The SMILES string of the molecule is COCCCC(O)c1cccc(C(F)(F)F)c1. The summed E-state index contributed by atoms with van der Waals surface area (Å²) in [5, 5.41) is 9.71. The van der Waals surface area contributed by atoms with E-state index in [0.29, 0.717) is 19.4 Å². The van der Waals surface area contributed by atoms with Gasteiger partial charge in [0.1, 0.15) is 0 Å². The van der Waals surface area contributed by atoms with E-state index in [1.807, 2.05) is 0 Å². The van der Waals surface area contributed by atoms with Crippen molar-refractivity contribution >= 4 is 0 Å². The second-order valence-corrected chi connectivity index (χ2v) is 3.77. The van der Waals surface area contributed by atoms with Crippen molar-refractivity contribution < 1.29 is 23.0 Å². The Balaban J connectivity index is 2.71. The van der Waals surface area contributed by atoms with E-state index >= 15 is 0 Å². The van der Waals surface area contributed by atoms with Crippen LogP contribution in [0.25, 0.3) is 0 Å². The fraction of sp³-hybridized carbons (Fsp3) is 0.500. The van der Waals surface area contributed by atoms with Crippen molar-refractivity contribution in [2.45, 2.75) is 25.1 Å². The molecule has 1 atom stereocenters. The third kappa shape index (κ3) is 4.36. The van der Waals surface area contributed by atoms with Gasteiger partial charge in [0.15, 0.2) is 0 Å². The number of hydrogen-bond donors (Lipinski definition) is 1. The smallest absolute Gasteiger partial charge is 0.388 e. The highest BCUT2D eigenvalue weighted by atomic mass is 19.4. The van der Waals surface area contributed by atoms with Gasteiger partial charge in [0.25, 0.3) is 0 Å². The number of rotatable bonds is 5. The molecule has 1 N–H and O–H groups in total. The van der Waals surface area contributed by atoms with Gasteiger partial charge in [-0.05, 0) is 30.5 Å². The van der Waals surface area contributed by atoms with Crippen LogP contribution in [0.3, 0.4) is 0 Å².